The summed E-state index contributed by atoms with van der Waals surface area (Å²) in [7, 11) is 0. The molecular formula is C18H20N4O. The van der Waals surface area contributed by atoms with Gasteiger partial charge in [0, 0.05) is 6.54 Å². The lowest BCUT2D eigenvalue weighted by Crippen LogP contribution is -2.11. The number of nitrogens with zero attached hydrogens (tertiary/aromatic N) is 3. The van der Waals surface area contributed by atoms with E-state index in [4.69, 9.17) is 10.5 Å². The summed E-state index contributed by atoms with van der Waals surface area (Å²) in [6.07, 6.45) is 0. The molecule has 0 saturated carbocycles. The maximum atomic E-state index is 5.83. The molecule has 1 heterocycles. The third-order valence-corrected chi connectivity index (χ3v) is 3.68. The Balaban J connectivity index is 1.78. The zero-order valence-corrected chi connectivity index (χ0v) is 13.1. The van der Waals surface area contributed by atoms with Crippen LogP contribution in [0.1, 0.15) is 22.5 Å². The molecule has 1 aromatic heterocycles. The molecule has 0 atom stereocenters. The standard InChI is InChI=1S/C18H20N4O/c1-14-7-9-15(10-8-14)12-22-18(17(11-19)20-21-22)13-23-16-5-3-2-4-6-16/h2-10H,11-13,19H2,1H3. The monoisotopic (exact) mass is 308 g/mol. The summed E-state index contributed by atoms with van der Waals surface area (Å²) in [5.74, 6) is 0.818. The summed E-state index contributed by atoms with van der Waals surface area (Å²) in [5, 5.41) is 8.39. The largest absolute Gasteiger partial charge is 0.487 e. The number of benzene rings is 2. The van der Waals surface area contributed by atoms with Gasteiger partial charge in [0.2, 0.25) is 0 Å². The first-order chi connectivity index (χ1) is 11.3. The van der Waals surface area contributed by atoms with Crippen molar-refractivity contribution in [2.45, 2.75) is 26.6 Å². The van der Waals surface area contributed by atoms with Gasteiger partial charge < -0.3 is 10.5 Å². The zero-order chi connectivity index (χ0) is 16.1. The Kier molecular flexibility index (Phi) is 4.68. The minimum Gasteiger partial charge on any atom is -0.487 e. The van der Waals surface area contributed by atoms with Gasteiger partial charge in [0.05, 0.1) is 6.54 Å². The van der Waals surface area contributed by atoms with Crippen LogP contribution in [0.2, 0.25) is 0 Å². The van der Waals surface area contributed by atoms with Crippen LogP contribution in [0.15, 0.2) is 54.6 Å². The minimum atomic E-state index is 0.349. The average molecular weight is 308 g/mol. The predicted molar refractivity (Wildman–Crippen MR) is 89.0 cm³/mol. The Labute approximate surface area is 135 Å². The molecule has 0 aliphatic heterocycles. The van der Waals surface area contributed by atoms with E-state index in [1.54, 1.807) is 0 Å². The van der Waals surface area contributed by atoms with Crippen LogP contribution in [0.25, 0.3) is 0 Å². The molecule has 2 aromatic carbocycles. The second-order valence-corrected chi connectivity index (χ2v) is 5.43. The second-order valence-electron chi connectivity index (χ2n) is 5.43. The van der Waals surface area contributed by atoms with Crippen LogP contribution >= 0.6 is 0 Å². The van der Waals surface area contributed by atoms with Gasteiger partial charge in [-0.15, -0.1) is 5.10 Å². The maximum absolute atomic E-state index is 5.83. The van der Waals surface area contributed by atoms with Crippen LogP contribution in [0, 0.1) is 6.92 Å². The molecular weight excluding hydrogens is 288 g/mol. The molecule has 0 unspecified atom stereocenters. The number of rotatable bonds is 6. The van der Waals surface area contributed by atoms with Crippen LogP contribution in [0.4, 0.5) is 0 Å². The highest BCUT2D eigenvalue weighted by molar-refractivity contribution is 5.23. The first kappa shape index (κ1) is 15.2. The fraction of sp³-hybridized carbons (Fsp3) is 0.222. The molecule has 3 rings (SSSR count). The van der Waals surface area contributed by atoms with Crippen LogP contribution in [-0.4, -0.2) is 15.0 Å². The number of para-hydroxylation sites is 1. The van der Waals surface area contributed by atoms with E-state index in [9.17, 15) is 0 Å². The highest BCUT2D eigenvalue weighted by atomic mass is 16.5. The highest BCUT2D eigenvalue weighted by Gasteiger charge is 2.13. The number of aromatic nitrogens is 3. The van der Waals surface area contributed by atoms with Crippen LogP contribution in [0.5, 0.6) is 5.75 Å². The maximum Gasteiger partial charge on any atom is 0.132 e. The summed E-state index contributed by atoms with van der Waals surface area (Å²) in [6.45, 7) is 3.47. The molecule has 0 radical (unpaired) electrons. The first-order valence-corrected chi connectivity index (χ1v) is 7.61. The molecule has 0 aliphatic carbocycles. The summed E-state index contributed by atoms with van der Waals surface area (Å²) in [4.78, 5) is 0. The topological polar surface area (TPSA) is 66.0 Å². The quantitative estimate of drug-likeness (QED) is 0.760. The molecule has 0 fully saturated rings. The second kappa shape index (κ2) is 7.07. The van der Waals surface area contributed by atoms with Crippen molar-refractivity contribution in [3.63, 3.8) is 0 Å². The van der Waals surface area contributed by atoms with Crippen molar-refractivity contribution < 1.29 is 4.74 Å². The minimum absolute atomic E-state index is 0.349. The van der Waals surface area contributed by atoms with Gasteiger partial charge in [-0.25, -0.2) is 4.68 Å². The molecule has 0 aliphatic rings. The zero-order valence-electron chi connectivity index (χ0n) is 13.1. The van der Waals surface area contributed by atoms with E-state index < -0.39 is 0 Å². The molecule has 5 heteroatoms. The fourth-order valence-corrected chi connectivity index (χ4v) is 2.35. The van der Waals surface area contributed by atoms with Crippen molar-refractivity contribution in [2.75, 3.05) is 0 Å². The van der Waals surface area contributed by atoms with Crippen molar-refractivity contribution >= 4 is 0 Å². The van der Waals surface area contributed by atoms with Gasteiger partial charge in [-0.1, -0.05) is 53.2 Å². The molecule has 0 saturated heterocycles. The van der Waals surface area contributed by atoms with E-state index in [2.05, 4.69) is 41.5 Å². The Morgan fingerprint density at radius 1 is 1.04 bits per heavy atom. The third-order valence-electron chi connectivity index (χ3n) is 3.68. The SMILES string of the molecule is Cc1ccc(Cn2nnc(CN)c2COc2ccccc2)cc1. The normalized spacial score (nSPS) is 10.7. The van der Waals surface area contributed by atoms with E-state index in [-0.39, 0.29) is 0 Å². The summed E-state index contributed by atoms with van der Waals surface area (Å²) >= 11 is 0. The number of aryl methyl sites for hydroxylation is 1. The lowest BCUT2D eigenvalue weighted by atomic mass is 10.1. The smallest absolute Gasteiger partial charge is 0.132 e. The van der Waals surface area contributed by atoms with Gasteiger partial charge >= 0.3 is 0 Å². The van der Waals surface area contributed by atoms with Gasteiger partial charge in [-0.05, 0) is 24.6 Å². The van der Waals surface area contributed by atoms with Crippen molar-refractivity contribution in [1.82, 2.24) is 15.0 Å². The van der Waals surface area contributed by atoms with E-state index in [1.165, 1.54) is 11.1 Å². The van der Waals surface area contributed by atoms with Gasteiger partial charge in [0.1, 0.15) is 23.7 Å². The Bertz CT molecular complexity index is 750. The van der Waals surface area contributed by atoms with Crippen molar-refractivity contribution in [3.8, 4) is 5.75 Å². The molecule has 23 heavy (non-hydrogen) atoms. The number of nitrogens with two attached hydrogens (primary N) is 1. The van der Waals surface area contributed by atoms with E-state index in [0.29, 0.717) is 19.7 Å². The van der Waals surface area contributed by atoms with Crippen molar-refractivity contribution in [3.05, 3.63) is 77.1 Å². The van der Waals surface area contributed by atoms with Crippen LogP contribution in [-0.2, 0) is 19.7 Å². The van der Waals surface area contributed by atoms with Crippen LogP contribution < -0.4 is 10.5 Å². The average Bonchev–Trinajstić information content (AvgIpc) is 2.98. The Hall–Kier alpha value is -2.66. The number of ether oxygens (including phenoxy) is 1. The molecule has 0 spiro atoms. The lowest BCUT2D eigenvalue weighted by Gasteiger charge is -2.10. The van der Waals surface area contributed by atoms with Gasteiger partial charge in [0.15, 0.2) is 0 Å². The molecule has 5 nitrogen and oxygen atoms in total. The summed E-state index contributed by atoms with van der Waals surface area (Å²) in [5.41, 5.74) is 9.87. The molecule has 0 bridgehead atoms. The molecule has 0 amide bonds. The molecule has 3 aromatic rings. The van der Waals surface area contributed by atoms with Gasteiger partial charge in [-0.2, -0.15) is 0 Å². The first-order valence-electron chi connectivity index (χ1n) is 7.61. The van der Waals surface area contributed by atoms with Gasteiger partial charge in [0.25, 0.3) is 0 Å². The van der Waals surface area contributed by atoms with Gasteiger partial charge in [-0.3, -0.25) is 0 Å². The summed E-state index contributed by atoms with van der Waals surface area (Å²) in [6, 6.07) is 18.1. The van der Waals surface area contributed by atoms with E-state index >= 15 is 0 Å². The fourth-order valence-electron chi connectivity index (χ4n) is 2.35. The Morgan fingerprint density at radius 2 is 1.78 bits per heavy atom. The molecule has 2 N–H and O–H groups in total. The number of hydrogen-bond donors (Lipinski definition) is 1. The predicted octanol–water partition coefficient (Wildman–Crippen LogP) is 2.67. The number of hydrogen-bond acceptors (Lipinski definition) is 4. The third kappa shape index (κ3) is 3.76. The summed E-state index contributed by atoms with van der Waals surface area (Å²) < 4.78 is 7.69. The lowest BCUT2D eigenvalue weighted by molar-refractivity contribution is 0.292. The van der Waals surface area contributed by atoms with Crippen LogP contribution in [0.3, 0.4) is 0 Å². The highest BCUT2D eigenvalue weighted by Crippen LogP contribution is 2.14. The Morgan fingerprint density at radius 3 is 2.48 bits per heavy atom. The molecule has 118 valence electrons. The van der Waals surface area contributed by atoms with Crippen molar-refractivity contribution in [1.29, 1.82) is 0 Å². The van der Waals surface area contributed by atoms with E-state index in [1.807, 2.05) is 35.0 Å². The van der Waals surface area contributed by atoms with Crippen molar-refractivity contribution in [2.24, 2.45) is 5.73 Å². The van der Waals surface area contributed by atoms with E-state index in [0.717, 1.165) is 17.1 Å².